The fourth-order valence-electron chi connectivity index (χ4n) is 1.91. The van der Waals surface area contributed by atoms with Gasteiger partial charge in [-0.2, -0.15) is 0 Å². The maximum absolute atomic E-state index is 12.3. The number of aromatic amines is 1. The van der Waals surface area contributed by atoms with Crippen molar-refractivity contribution in [1.82, 2.24) is 9.55 Å². The lowest BCUT2D eigenvalue weighted by molar-refractivity contribution is 0.837. The van der Waals surface area contributed by atoms with Gasteiger partial charge in [-0.1, -0.05) is 36.2 Å². The van der Waals surface area contributed by atoms with Crippen LogP contribution < -0.4 is 11.2 Å². The van der Waals surface area contributed by atoms with Crippen molar-refractivity contribution in [2.24, 2.45) is 0 Å². The fourth-order valence-corrected chi connectivity index (χ4v) is 2.37. The summed E-state index contributed by atoms with van der Waals surface area (Å²) in [6, 6.07) is 5.07. The van der Waals surface area contributed by atoms with Crippen LogP contribution in [0.25, 0.3) is 5.69 Å². The number of rotatable bonds is 2. The lowest BCUT2D eigenvalue weighted by Crippen LogP contribution is -2.36. The van der Waals surface area contributed by atoms with E-state index in [0.29, 0.717) is 28.3 Å². The zero-order chi connectivity index (χ0) is 14.2. The van der Waals surface area contributed by atoms with Gasteiger partial charge in [0, 0.05) is 5.02 Å². The zero-order valence-corrected chi connectivity index (χ0v) is 12.0. The quantitative estimate of drug-likeness (QED) is 0.867. The Morgan fingerprint density at radius 1 is 1.26 bits per heavy atom. The minimum absolute atomic E-state index is 0.0911. The van der Waals surface area contributed by atoms with Gasteiger partial charge in [-0.05, 0) is 31.0 Å². The van der Waals surface area contributed by atoms with Crippen LogP contribution in [0.2, 0.25) is 10.2 Å². The van der Waals surface area contributed by atoms with Gasteiger partial charge >= 0.3 is 5.69 Å². The molecule has 100 valence electrons. The second kappa shape index (κ2) is 5.23. The summed E-state index contributed by atoms with van der Waals surface area (Å²) >= 11 is 11.9. The number of halogens is 2. The molecule has 0 radical (unpaired) electrons. The normalized spacial score (nSPS) is 10.7. The lowest BCUT2D eigenvalue weighted by atomic mass is 10.2. The Balaban J connectivity index is 2.88. The summed E-state index contributed by atoms with van der Waals surface area (Å²) in [5, 5.41) is 0.588. The van der Waals surface area contributed by atoms with E-state index in [1.807, 2.05) is 0 Å². The van der Waals surface area contributed by atoms with Gasteiger partial charge in [0.2, 0.25) is 0 Å². The van der Waals surface area contributed by atoms with Gasteiger partial charge in [0.05, 0.1) is 11.3 Å². The van der Waals surface area contributed by atoms with E-state index in [0.717, 1.165) is 4.57 Å². The van der Waals surface area contributed by atoms with Gasteiger partial charge in [0.15, 0.2) is 0 Å². The predicted octanol–water partition coefficient (Wildman–Crippen LogP) is 2.70. The van der Waals surface area contributed by atoms with Crippen LogP contribution in [0, 0.1) is 6.92 Å². The molecule has 0 fully saturated rings. The smallest absolute Gasteiger partial charge is 0.297 e. The largest absolute Gasteiger partial charge is 0.334 e. The summed E-state index contributed by atoms with van der Waals surface area (Å²) in [6.07, 6.45) is 0.439. The molecule has 0 atom stereocenters. The number of benzene rings is 1. The Morgan fingerprint density at radius 3 is 2.58 bits per heavy atom. The highest BCUT2D eigenvalue weighted by Crippen LogP contribution is 2.20. The topological polar surface area (TPSA) is 54.9 Å². The van der Waals surface area contributed by atoms with Crippen LogP contribution in [-0.4, -0.2) is 9.55 Å². The molecule has 0 aliphatic carbocycles. The second-order valence-corrected chi connectivity index (χ2v) is 4.89. The molecule has 4 nitrogen and oxygen atoms in total. The summed E-state index contributed by atoms with van der Waals surface area (Å²) < 4.78 is 1.06. The molecule has 1 heterocycles. The maximum Gasteiger partial charge on any atom is 0.334 e. The number of aromatic nitrogens is 2. The first-order chi connectivity index (χ1) is 8.97. The van der Waals surface area contributed by atoms with Gasteiger partial charge in [-0.3, -0.25) is 9.78 Å². The van der Waals surface area contributed by atoms with Crippen molar-refractivity contribution < 1.29 is 0 Å². The monoisotopic (exact) mass is 298 g/mol. The molecule has 0 spiro atoms. The molecular formula is C13H12Cl2N2O2. The molecule has 0 unspecified atom stereocenters. The highest BCUT2D eigenvalue weighted by molar-refractivity contribution is 6.31. The van der Waals surface area contributed by atoms with Gasteiger partial charge in [-0.15, -0.1) is 0 Å². The third kappa shape index (κ3) is 2.33. The summed E-state index contributed by atoms with van der Waals surface area (Å²) in [6.45, 7) is 3.56. The van der Waals surface area contributed by atoms with Crippen molar-refractivity contribution in [2.45, 2.75) is 20.3 Å². The number of nitrogens with one attached hydrogen (secondary N) is 1. The van der Waals surface area contributed by atoms with E-state index in [2.05, 4.69) is 4.98 Å². The molecule has 0 saturated carbocycles. The third-order valence-corrected chi connectivity index (χ3v) is 3.71. The molecule has 19 heavy (non-hydrogen) atoms. The van der Waals surface area contributed by atoms with E-state index in [1.165, 1.54) is 0 Å². The van der Waals surface area contributed by atoms with E-state index >= 15 is 0 Å². The minimum atomic E-state index is -0.572. The van der Waals surface area contributed by atoms with Crippen molar-refractivity contribution in [3.05, 3.63) is 60.3 Å². The van der Waals surface area contributed by atoms with Crippen LogP contribution in [0.1, 0.15) is 18.1 Å². The Kier molecular flexibility index (Phi) is 3.83. The molecule has 0 aliphatic rings. The van der Waals surface area contributed by atoms with Crippen molar-refractivity contribution in [3.8, 4) is 5.69 Å². The molecule has 2 aromatic rings. The Hall–Kier alpha value is -1.52. The van der Waals surface area contributed by atoms with Crippen molar-refractivity contribution in [1.29, 1.82) is 0 Å². The predicted molar refractivity (Wildman–Crippen MR) is 76.8 cm³/mol. The van der Waals surface area contributed by atoms with Crippen molar-refractivity contribution >= 4 is 23.2 Å². The highest BCUT2D eigenvalue weighted by atomic mass is 35.5. The molecule has 0 amide bonds. The van der Waals surface area contributed by atoms with E-state index < -0.39 is 11.2 Å². The van der Waals surface area contributed by atoms with Gasteiger partial charge < -0.3 is 0 Å². The van der Waals surface area contributed by atoms with E-state index in [9.17, 15) is 9.59 Å². The average Bonchev–Trinajstić information content (AvgIpc) is 2.34. The molecule has 0 bridgehead atoms. The van der Waals surface area contributed by atoms with Crippen LogP contribution in [0.5, 0.6) is 0 Å². The third-order valence-electron chi connectivity index (χ3n) is 2.98. The molecule has 1 N–H and O–H groups in total. The van der Waals surface area contributed by atoms with Crippen LogP contribution in [0.15, 0.2) is 27.8 Å². The van der Waals surface area contributed by atoms with Crippen LogP contribution in [-0.2, 0) is 6.42 Å². The Morgan fingerprint density at radius 2 is 1.95 bits per heavy atom. The summed E-state index contributed by atoms with van der Waals surface area (Å²) in [4.78, 5) is 26.8. The lowest BCUT2D eigenvalue weighted by Gasteiger charge is -2.11. The molecule has 1 aromatic heterocycles. The zero-order valence-electron chi connectivity index (χ0n) is 10.5. The first-order valence-electron chi connectivity index (χ1n) is 5.76. The molecule has 0 aliphatic heterocycles. The van der Waals surface area contributed by atoms with Gasteiger partial charge in [-0.25, -0.2) is 9.36 Å². The maximum atomic E-state index is 12.3. The van der Waals surface area contributed by atoms with Gasteiger partial charge in [0.1, 0.15) is 5.15 Å². The Bertz CT molecular complexity index is 747. The van der Waals surface area contributed by atoms with E-state index in [-0.39, 0.29) is 5.15 Å². The first-order valence-corrected chi connectivity index (χ1v) is 6.52. The molecule has 0 saturated heterocycles. The summed E-state index contributed by atoms with van der Waals surface area (Å²) in [5.41, 5.74) is 0.520. The van der Waals surface area contributed by atoms with E-state index in [4.69, 9.17) is 23.2 Å². The molecular weight excluding hydrogens is 287 g/mol. The summed E-state index contributed by atoms with van der Waals surface area (Å²) in [5.74, 6) is 0. The van der Waals surface area contributed by atoms with Crippen LogP contribution in [0.3, 0.4) is 0 Å². The molecule has 1 aromatic carbocycles. The van der Waals surface area contributed by atoms with E-state index in [1.54, 1.807) is 32.0 Å². The SMILES string of the molecule is CCc1c(Cl)[nH]c(=O)n(-c2cccc(Cl)c2C)c1=O. The Labute approximate surface area is 119 Å². The van der Waals surface area contributed by atoms with Crippen molar-refractivity contribution in [2.75, 3.05) is 0 Å². The number of hydrogen-bond acceptors (Lipinski definition) is 2. The highest BCUT2D eigenvalue weighted by Gasteiger charge is 2.14. The fraction of sp³-hybridized carbons (Fsp3) is 0.231. The number of H-pyrrole nitrogens is 1. The summed E-state index contributed by atoms with van der Waals surface area (Å²) in [7, 11) is 0. The van der Waals surface area contributed by atoms with Gasteiger partial charge in [0.25, 0.3) is 5.56 Å². The number of nitrogens with zero attached hydrogens (tertiary/aromatic N) is 1. The van der Waals surface area contributed by atoms with Crippen LogP contribution >= 0.6 is 23.2 Å². The van der Waals surface area contributed by atoms with Crippen LogP contribution in [0.4, 0.5) is 0 Å². The second-order valence-electron chi connectivity index (χ2n) is 4.10. The van der Waals surface area contributed by atoms with Crippen molar-refractivity contribution in [3.63, 3.8) is 0 Å². The first kappa shape index (κ1) is 13.9. The molecule has 2 rings (SSSR count). The number of hydrogen-bond donors (Lipinski definition) is 1. The minimum Gasteiger partial charge on any atom is -0.297 e. The standard InChI is InChI=1S/C13H12Cl2N2O2/c1-3-8-11(15)16-13(19)17(12(8)18)10-6-4-5-9(14)7(10)2/h4-6H,3H2,1-2H3,(H,16,19). The molecule has 6 heteroatoms. The average molecular weight is 299 g/mol.